The predicted molar refractivity (Wildman–Crippen MR) is 63.8 cm³/mol. The topological polar surface area (TPSA) is 46.2 Å². The molecule has 0 saturated heterocycles. The minimum Gasteiger partial charge on any atom is -0.289 e. The second-order valence-electron chi connectivity index (χ2n) is 4.64. The van der Waals surface area contributed by atoms with Gasteiger partial charge in [-0.3, -0.25) is 14.9 Å². The van der Waals surface area contributed by atoms with Gasteiger partial charge in [0.05, 0.1) is 0 Å². The van der Waals surface area contributed by atoms with Crippen molar-refractivity contribution in [1.82, 2.24) is 5.32 Å². The highest BCUT2D eigenvalue weighted by Gasteiger charge is 2.07. The zero-order valence-corrected chi connectivity index (χ0v) is 10.00. The second-order valence-corrected chi connectivity index (χ2v) is 4.64. The van der Waals surface area contributed by atoms with Gasteiger partial charge in [0.1, 0.15) is 0 Å². The summed E-state index contributed by atoms with van der Waals surface area (Å²) in [7, 11) is 0. The van der Waals surface area contributed by atoms with Crippen molar-refractivity contribution in [2.45, 2.75) is 51.9 Å². The van der Waals surface area contributed by atoms with Gasteiger partial charge in [-0.2, -0.15) is 0 Å². The Labute approximate surface area is 97.3 Å². The van der Waals surface area contributed by atoms with E-state index in [0.29, 0.717) is 0 Å². The first-order valence-electron chi connectivity index (χ1n) is 6.21. The molecule has 1 aliphatic carbocycles. The lowest BCUT2D eigenvalue weighted by atomic mass is 9.93. The maximum absolute atomic E-state index is 10.0. The molecule has 1 saturated carbocycles. The number of carbonyl (C=O) groups is 2. The van der Waals surface area contributed by atoms with Gasteiger partial charge in [0.15, 0.2) is 0 Å². The molecule has 0 bridgehead atoms. The molecule has 2 aliphatic rings. The first-order chi connectivity index (χ1) is 7.68. The average Bonchev–Trinajstić information content (AvgIpc) is 2.57. The van der Waals surface area contributed by atoms with Crippen LogP contribution in [-0.2, 0) is 9.59 Å². The summed E-state index contributed by atoms with van der Waals surface area (Å²) < 4.78 is 0. The lowest BCUT2D eigenvalue weighted by Crippen LogP contribution is -2.19. The zero-order chi connectivity index (χ0) is 11.8. The van der Waals surface area contributed by atoms with Crippen LogP contribution < -0.4 is 5.32 Å². The number of carbonyl (C=O) groups excluding carboxylic acids is 2. The number of amides is 2. The van der Waals surface area contributed by atoms with Crippen LogP contribution in [-0.4, -0.2) is 11.8 Å². The molecule has 0 aromatic heterocycles. The van der Waals surface area contributed by atoms with Crippen molar-refractivity contribution < 1.29 is 9.59 Å². The third-order valence-electron chi connectivity index (χ3n) is 3.03. The van der Waals surface area contributed by atoms with Gasteiger partial charge < -0.3 is 0 Å². The van der Waals surface area contributed by atoms with Crippen LogP contribution in [0, 0.1) is 5.92 Å². The minimum atomic E-state index is -0.329. The molecule has 0 atom stereocenters. The normalized spacial score (nSPS) is 21.8. The van der Waals surface area contributed by atoms with E-state index in [9.17, 15) is 9.59 Å². The van der Waals surface area contributed by atoms with Gasteiger partial charge >= 0.3 is 0 Å². The van der Waals surface area contributed by atoms with Crippen LogP contribution in [0.25, 0.3) is 0 Å². The molecule has 3 nitrogen and oxygen atoms in total. The SMILES string of the molecule is CC1CCCCCCC1.O=C1C=CC(=O)N1. The van der Waals surface area contributed by atoms with E-state index in [4.69, 9.17) is 0 Å². The largest absolute Gasteiger partial charge is 0.289 e. The highest BCUT2D eigenvalue weighted by Crippen LogP contribution is 2.20. The molecule has 0 aromatic carbocycles. The van der Waals surface area contributed by atoms with Crippen LogP contribution in [0.15, 0.2) is 12.2 Å². The minimum absolute atomic E-state index is 0.329. The van der Waals surface area contributed by atoms with E-state index >= 15 is 0 Å². The number of imide groups is 1. The fraction of sp³-hybridized carbons (Fsp3) is 0.692. The summed E-state index contributed by atoms with van der Waals surface area (Å²) in [6.45, 7) is 2.39. The summed E-state index contributed by atoms with van der Waals surface area (Å²) in [5.74, 6) is 0.361. The Morgan fingerprint density at radius 3 is 1.75 bits per heavy atom. The maximum atomic E-state index is 10.0. The molecule has 1 heterocycles. The van der Waals surface area contributed by atoms with Crippen LogP contribution in [0.1, 0.15) is 51.9 Å². The van der Waals surface area contributed by atoms with Gasteiger partial charge in [-0.1, -0.05) is 51.9 Å². The van der Waals surface area contributed by atoms with E-state index in [0.717, 1.165) is 5.92 Å². The van der Waals surface area contributed by atoms with Gasteiger partial charge in [-0.05, 0) is 5.92 Å². The molecule has 0 radical (unpaired) electrons. The van der Waals surface area contributed by atoms with Crippen molar-refractivity contribution in [3.8, 4) is 0 Å². The Kier molecular flexibility index (Phi) is 5.83. The highest BCUT2D eigenvalue weighted by atomic mass is 16.2. The van der Waals surface area contributed by atoms with Crippen molar-refractivity contribution >= 4 is 11.8 Å². The van der Waals surface area contributed by atoms with Crippen molar-refractivity contribution in [3.63, 3.8) is 0 Å². The van der Waals surface area contributed by atoms with Gasteiger partial charge in [-0.15, -0.1) is 0 Å². The summed E-state index contributed by atoms with van der Waals surface area (Å²) >= 11 is 0. The lowest BCUT2D eigenvalue weighted by molar-refractivity contribution is -0.123. The molecule has 3 heteroatoms. The number of rotatable bonds is 0. The van der Waals surface area contributed by atoms with E-state index in [-0.39, 0.29) is 11.8 Å². The Balaban J connectivity index is 0.000000165. The predicted octanol–water partition coefficient (Wildman–Crippen LogP) is 2.57. The van der Waals surface area contributed by atoms with E-state index < -0.39 is 0 Å². The number of hydrogen-bond acceptors (Lipinski definition) is 2. The third-order valence-corrected chi connectivity index (χ3v) is 3.03. The summed E-state index contributed by atoms with van der Waals surface area (Å²) in [6.07, 6.45) is 12.8. The molecular formula is C13H21NO2. The Bertz CT molecular complexity index is 247. The summed E-state index contributed by atoms with van der Waals surface area (Å²) in [5, 5.41) is 2.03. The molecule has 1 N–H and O–H groups in total. The Morgan fingerprint density at radius 1 is 0.938 bits per heavy atom. The van der Waals surface area contributed by atoms with Gasteiger partial charge in [-0.25, -0.2) is 0 Å². The monoisotopic (exact) mass is 223 g/mol. The maximum Gasteiger partial charge on any atom is 0.250 e. The molecular weight excluding hydrogens is 202 g/mol. The Hall–Kier alpha value is -1.12. The fourth-order valence-electron chi connectivity index (χ4n) is 2.02. The molecule has 1 aliphatic heterocycles. The molecule has 16 heavy (non-hydrogen) atoms. The average molecular weight is 223 g/mol. The molecule has 2 rings (SSSR count). The van der Waals surface area contributed by atoms with Crippen LogP contribution >= 0.6 is 0 Å². The Morgan fingerprint density at radius 2 is 1.38 bits per heavy atom. The number of hydrogen-bond donors (Lipinski definition) is 1. The van der Waals surface area contributed by atoms with E-state index in [1.54, 1.807) is 0 Å². The molecule has 2 amide bonds. The summed E-state index contributed by atoms with van der Waals surface area (Å²) in [4.78, 5) is 20.1. The second kappa shape index (κ2) is 7.20. The molecule has 0 unspecified atom stereocenters. The van der Waals surface area contributed by atoms with Crippen molar-refractivity contribution in [2.24, 2.45) is 5.92 Å². The van der Waals surface area contributed by atoms with Gasteiger partial charge in [0.2, 0.25) is 0 Å². The van der Waals surface area contributed by atoms with E-state index in [1.807, 2.05) is 5.32 Å². The van der Waals surface area contributed by atoms with Crippen LogP contribution in [0.3, 0.4) is 0 Å². The first kappa shape index (κ1) is 12.9. The highest BCUT2D eigenvalue weighted by molar-refractivity contribution is 6.12. The molecule has 1 fully saturated rings. The summed E-state index contributed by atoms with van der Waals surface area (Å²) in [6, 6.07) is 0. The standard InChI is InChI=1S/C9H18.C4H3NO2/c1-9-7-5-3-2-4-6-8-9;6-3-1-2-4(7)5-3/h9H,2-8H2,1H3;1-2H,(H,5,6,7). The smallest absolute Gasteiger partial charge is 0.250 e. The molecule has 0 aromatic rings. The number of nitrogens with one attached hydrogen (secondary N) is 1. The van der Waals surface area contributed by atoms with Crippen LogP contribution in [0.2, 0.25) is 0 Å². The fourth-order valence-corrected chi connectivity index (χ4v) is 2.02. The zero-order valence-electron chi connectivity index (χ0n) is 10.00. The van der Waals surface area contributed by atoms with Gasteiger partial charge in [0, 0.05) is 12.2 Å². The first-order valence-corrected chi connectivity index (χ1v) is 6.21. The molecule has 90 valence electrons. The van der Waals surface area contributed by atoms with Crippen molar-refractivity contribution in [1.29, 1.82) is 0 Å². The van der Waals surface area contributed by atoms with Crippen molar-refractivity contribution in [3.05, 3.63) is 12.2 Å². The van der Waals surface area contributed by atoms with E-state index in [2.05, 4.69) is 6.92 Å². The van der Waals surface area contributed by atoms with Crippen LogP contribution in [0.5, 0.6) is 0 Å². The van der Waals surface area contributed by atoms with Gasteiger partial charge in [0.25, 0.3) is 11.8 Å². The quantitative estimate of drug-likeness (QED) is 0.641. The lowest BCUT2D eigenvalue weighted by Gasteiger charge is -2.13. The molecule has 0 spiro atoms. The van der Waals surface area contributed by atoms with Crippen LogP contribution in [0.4, 0.5) is 0 Å². The van der Waals surface area contributed by atoms with E-state index in [1.165, 1.54) is 57.1 Å². The third kappa shape index (κ3) is 5.69. The summed E-state index contributed by atoms with van der Waals surface area (Å²) in [5.41, 5.74) is 0. The van der Waals surface area contributed by atoms with Crippen molar-refractivity contribution in [2.75, 3.05) is 0 Å².